The van der Waals surface area contributed by atoms with E-state index in [0.29, 0.717) is 6.54 Å². The first-order valence-corrected chi connectivity index (χ1v) is 5.61. The summed E-state index contributed by atoms with van der Waals surface area (Å²) in [6, 6.07) is 1.99. The van der Waals surface area contributed by atoms with Gasteiger partial charge < -0.3 is 4.74 Å². The summed E-state index contributed by atoms with van der Waals surface area (Å²) in [4.78, 5) is 4.46. The van der Waals surface area contributed by atoms with Gasteiger partial charge in [0.15, 0.2) is 0 Å². The van der Waals surface area contributed by atoms with Crippen LogP contribution < -0.4 is 4.74 Å². The molecule has 0 aliphatic rings. The molecule has 0 spiro atoms. The Morgan fingerprint density at radius 1 is 1.29 bits per heavy atom. The van der Waals surface area contributed by atoms with E-state index in [1.54, 1.807) is 13.3 Å². The molecular weight excluding hydrogens is 214 g/mol. The third kappa shape index (κ3) is 2.16. The second-order valence-corrected chi connectivity index (χ2v) is 4.18. The predicted molar refractivity (Wildman–Crippen MR) is 66.3 cm³/mol. The van der Waals surface area contributed by atoms with E-state index in [4.69, 9.17) is 4.74 Å². The summed E-state index contributed by atoms with van der Waals surface area (Å²) in [6.45, 7) is 6.75. The van der Waals surface area contributed by atoms with Crippen molar-refractivity contribution in [2.24, 2.45) is 0 Å². The zero-order valence-electron chi connectivity index (χ0n) is 10.7. The molecule has 90 valence electrons. The molecule has 0 bridgehead atoms. The van der Waals surface area contributed by atoms with Gasteiger partial charge >= 0.3 is 0 Å². The minimum Gasteiger partial charge on any atom is -0.496 e. The number of nitrogens with zero attached hydrogens (tertiary/aromatic N) is 3. The fraction of sp³-hybridized carbons (Fsp3) is 0.385. The zero-order chi connectivity index (χ0) is 12.4. The second kappa shape index (κ2) is 4.57. The van der Waals surface area contributed by atoms with E-state index in [1.807, 2.05) is 37.7 Å². The van der Waals surface area contributed by atoms with Crippen LogP contribution in [0.4, 0.5) is 0 Å². The lowest BCUT2D eigenvalue weighted by atomic mass is 10.1. The number of pyridine rings is 1. The first kappa shape index (κ1) is 11.6. The maximum Gasteiger partial charge on any atom is 0.128 e. The minimum atomic E-state index is 0.682. The smallest absolute Gasteiger partial charge is 0.128 e. The Morgan fingerprint density at radius 2 is 2.06 bits per heavy atom. The maximum atomic E-state index is 5.40. The normalized spacial score (nSPS) is 10.6. The van der Waals surface area contributed by atoms with Gasteiger partial charge in [0.2, 0.25) is 0 Å². The highest BCUT2D eigenvalue weighted by Gasteiger charge is 2.10. The molecule has 4 heteroatoms. The van der Waals surface area contributed by atoms with Gasteiger partial charge in [-0.3, -0.25) is 9.67 Å². The van der Waals surface area contributed by atoms with Crippen molar-refractivity contribution in [2.45, 2.75) is 27.3 Å². The molecule has 0 unspecified atom stereocenters. The van der Waals surface area contributed by atoms with Crippen molar-refractivity contribution in [3.05, 3.63) is 41.0 Å². The van der Waals surface area contributed by atoms with Crippen LogP contribution in [0.15, 0.2) is 18.5 Å². The summed E-state index contributed by atoms with van der Waals surface area (Å²) in [6.07, 6.45) is 3.65. The Labute approximate surface area is 101 Å². The SMILES string of the molecule is COc1c(C)cnc(Cn2nccc2C)c1C. The lowest BCUT2D eigenvalue weighted by Gasteiger charge is -2.12. The molecule has 2 aromatic heterocycles. The molecule has 0 aliphatic carbocycles. The standard InChI is InChI=1S/C13H17N3O/c1-9-7-14-12(11(3)13(9)17-4)8-16-10(2)5-6-15-16/h5-7H,8H2,1-4H3. The number of aryl methyl sites for hydroxylation is 2. The van der Waals surface area contributed by atoms with Crippen LogP contribution in [0.25, 0.3) is 0 Å². The van der Waals surface area contributed by atoms with Crippen LogP contribution in [-0.2, 0) is 6.54 Å². The summed E-state index contributed by atoms with van der Waals surface area (Å²) in [5.41, 5.74) is 4.28. The van der Waals surface area contributed by atoms with Gasteiger partial charge in [-0.15, -0.1) is 0 Å². The van der Waals surface area contributed by atoms with Crippen molar-refractivity contribution in [3.63, 3.8) is 0 Å². The first-order valence-electron chi connectivity index (χ1n) is 5.61. The molecule has 0 aliphatic heterocycles. The summed E-state index contributed by atoms with van der Waals surface area (Å²) in [5.74, 6) is 0.916. The second-order valence-electron chi connectivity index (χ2n) is 4.18. The Kier molecular flexibility index (Phi) is 3.13. The highest BCUT2D eigenvalue weighted by Crippen LogP contribution is 2.24. The van der Waals surface area contributed by atoms with Gasteiger partial charge in [0.05, 0.1) is 19.3 Å². The molecule has 0 aromatic carbocycles. The quantitative estimate of drug-likeness (QED) is 0.813. The van der Waals surface area contributed by atoms with Gasteiger partial charge in [-0.1, -0.05) is 0 Å². The van der Waals surface area contributed by atoms with Crippen LogP contribution in [0, 0.1) is 20.8 Å². The van der Waals surface area contributed by atoms with Gasteiger partial charge in [0.25, 0.3) is 0 Å². The lowest BCUT2D eigenvalue weighted by Crippen LogP contribution is -2.08. The van der Waals surface area contributed by atoms with Crippen molar-refractivity contribution in [1.29, 1.82) is 0 Å². The van der Waals surface area contributed by atoms with E-state index in [9.17, 15) is 0 Å². The third-order valence-electron chi connectivity index (χ3n) is 2.98. The molecule has 0 radical (unpaired) electrons. The predicted octanol–water partition coefficient (Wildman–Crippen LogP) is 2.26. The molecule has 0 saturated heterocycles. The molecule has 4 nitrogen and oxygen atoms in total. The van der Waals surface area contributed by atoms with Crippen molar-refractivity contribution in [2.75, 3.05) is 7.11 Å². The highest BCUT2D eigenvalue weighted by molar-refractivity contribution is 5.41. The van der Waals surface area contributed by atoms with Crippen LogP contribution in [0.2, 0.25) is 0 Å². The molecule has 0 N–H and O–H groups in total. The Morgan fingerprint density at radius 3 is 2.65 bits per heavy atom. The van der Waals surface area contributed by atoms with Crippen molar-refractivity contribution >= 4 is 0 Å². The summed E-state index contributed by atoms with van der Waals surface area (Å²) in [7, 11) is 1.69. The van der Waals surface area contributed by atoms with Crippen LogP contribution in [0.3, 0.4) is 0 Å². The van der Waals surface area contributed by atoms with Gasteiger partial charge in [0, 0.05) is 29.2 Å². The van der Waals surface area contributed by atoms with E-state index in [-0.39, 0.29) is 0 Å². The average molecular weight is 231 g/mol. The summed E-state index contributed by atoms with van der Waals surface area (Å²) in [5, 5.41) is 4.27. The molecule has 0 amide bonds. The van der Waals surface area contributed by atoms with Crippen LogP contribution >= 0.6 is 0 Å². The van der Waals surface area contributed by atoms with E-state index in [2.05, 4.69) is 10.1 Å². The monoisotopic (exact) mass is 231 g/mol. The number of rotatable bonds is 3. The minimum absolute atomic E-state index is 0.682. The average Bonchev–Trinajstić information content (AvgIpc) is 2.69. The molecule has 0 fully saturated rings. The van der Waals surface area contributed by atoms with Crippen molar-refractivity contribution in [3.8, 4) is 5.75 Å². The number of ether oxygens (including phenoxy) is 1. The molecule has 2 heterocycles. The Bertz CT molecular complexity index is 531. The summed E-state index contributed by atoms with van der Waals surface area (Å²) < 4.78 is 7.33. The van der Waals surface area contributed by atoms with Crippen molar-refractivity contribution in [1.82, 2.24) is 14.8 Å². The van der Waals surface area contributed by atoms with E-state index in [0.717, 1.165) is 28.3 Å². The van der Waals surface area contributed by atoms with Gasteiger partial charge in [-0.25, -0.2) is 0 Å². The van der Waals surface area contributed by atoms with E-state index in [1.165, 1.54) is 0 Å². The fourth-order valence-corrected chi connectivity index (χ4v) is 1.94. The van der Waals surface area contributed by atoms with Crippen molar-refractivity contribution < 1.29 is 4.74 Å². The topological polar surface area (TPSA) is 39.9 Å². The molecule has 0 saturated carbocycles. The van der Waals surface area contributed by atoms with Crippen LogP contribution in [-0.4, -0.2) is 21.9 Å². The first-order chi connectivity index (χ1) is 8.13. The van der Waals surface area contributed by atoms with Gasteiger partial charge in [0.1, 0.15) is 5.75 Å². The summed E-state index contributed by atoms with van der Waals surface area (Å²) >= 11 is 0. The van der Waals surface area contributed by atoms with Crippen LogP contribution in [0.1, 0.15) is 22.5 Å². The number of hydrogen-bond acceptors (Lipinski definition) is 3. The number of hydrogen-bond donors (Lipinski definition) is 0. The molecule has 17 heavy (non-hydrogen) atoms. The number of aromatic nitrogens is 3. The molecular formula is C13H17N3O. The van der Waals surface area contributed by atoms with Gasteiger partial charge in [-0.05, 0) is 26.8 Å². The van der Waals surface area contributed by atoms with E-state index < -0.39 is 0 Å². The largest absolute Gasteiger partial charge is 0.496 e. The van der Waals surface area contributed by atoms with Crippen LogP contribution in [0.5, 0.6) is 5.75 Å². The Balaban J connectivity index is 2.37. The maximum absolute atomic E-state index is 5.40. The van der Waals surface area contributed by atoms with Gasteiger partial charge in [-0.2, -0.15) is 5.10 Å². The number of methoxy groups -OCH3 is 1. The molecule has 0 atom stereocenters. The molecule has 2 rings (SSSR count). The molecule has 2 aromatic rings. The Hall–Kier alpha value is -1.84. The zero-order valence-corrected chi connectivity index (χ0v) is 10.7. The third-order valence-corrected chi connectivity index (χ3v) is 2.98. The highest BCUT2D eigenvalue weighted by atomic mass is 16.5. The lowest BCUT2D eigenvalue weighted by molar-refractivity contribution is 0.406. The fourth-order valence-electron chi connectivity index (χ4n) is 1.94. The van der Waals surface area contributed by atoms with E-state index >= 15 is 0 Å².